The van der Waals surface area contributed by atoms with E-state index in [9.17, 15) is 14.4 Å². The number of hydrogen-bond acceptors (Lipinski definition) is 5. The van der Waals surface area contributed by atoms with Gasteiger partial charge in [0.1, 0.15) is 23.9 Å². The van der Waals surface area contributed by atoms with Crippen LogP contribution in [0.4, 0.5) is 0 Å². The fourth-order valence-corrected chi connectivity index (χ4v) is 5.97. The molecule has 7 heteroatoms. The summed E-state index contributed by atoms with van der Waals surface area (Å²) in [6.45, 7) is 8.45. The number of benzene rings is 2. The molecule has 0 bridgehead atoms. The van der Waals surface area contributed by atoms with Crippen LogP contribution in [-0.2, 0) is 20.9 Å². The van der Waals surface area contributed by atoms with Crippen molar-refractivity contribution in [3.8, 4) is 5.75 Å². The summed E-state index contributed by atoms with van der Waals surface area (Å²) in [6.07, 6.45) is 2.05. The molecule has 0 radical (unpaired) electrons. The molecule has 0 aromatic heterocycles. The maximum absolute atomic E-state index is 13.4. The topological polar surface area (TPSA) is 89.9 Å². The number of rotatable bonds is 5. The maximum atomic E-state index is 13.4. The first-order valence-electron chi connectivity index (χ1n) is 12.8. The lowest BCUT2D eigenvalue weighted by Gasteiger charge is -2.42. The number of carboxylic acid groups (broad SMARTS) is 1. The van der Waals surface area contributed by atoms with Crippen molar-refractivity contribution in [2.24, 2.45) is 10.8 Å². The van der Waals surface area contributed by atoms with Crippen LogP contribution in [0.3, 0.4) is 0 Å². The van der Waals surface area contributed by atoms with E-state index in [4.69, 9.17) is 26.2 Å². The molecule has 0 spiro atoms. The van der Waals surface area contributed by atoms with Crippen molar-refractivity contribution in [1.82, 2.24) is 0 Å². The number of carbonyl (C=O) groups is 3. The van der Waals surface area contributed by atoms with Crippen LogP contribution in [0.25, 0.3) is 0 Å². The van der Waals surface area contributed by atoms with Crippen LogP contribution in [0, 0.1) is 10.8 Å². The van der Waals surface area contributed by atoms with Gasteiger partial charge < -0.3 is 14.6 Å². The van der Waals surface area contributed by atoms with Crippen molar-refractivity contribution < 1.29 is 29.0 Å². The van der Waals surface area contributed by atoms with E-state index in [0.717, 1.165) is 11.1 Å². The lowest BCUT2D eigenvalue weighted by molar-refractivity contribution is -0.120. The second-order valence-electron chi connectivity index (χ2n) is 12.1. The molecule has 1 aliphatic heterocycles. The molecule has 2 aromatic carbocycles. The minimum absolute atomic E-state index is 0.00619. The lowest BCUT2D eigenvalue weighted by atomic mass is 9.65. The largest absolute Gasteiger partial charge is 0.487 e. The summed E-state index contributed by atoms with van der Waals surface area (Å²) < 4.78 is 12.3. The van der Waals surface area contributed by atoms with Gasteiger partial charge in [-0.2, -0.15) is 0 Å². The number of Topliss-reactive ketones (excluding diaryl/α,β-unsaturated/α-hetero) is 2. The van der Waals surface area contributed by atoms with Crippen LogP contribution in [0.1, 0.15) is 80.8 Å². The van der Waals surface area contributed by atoms with E-state index in [-0.39, 0.29) is 34.6 Å². The Morgan fingerprint density at radius 3 is 1.97 bits per heavy atom. The van der Waals surface area contributed by atoms with E-state index in [2.05, 4.69) is 27.7 Å². The molecule has 0 saturated heterocycles. The van der Waals surface area contributed by atoms with E-state index in [1.807, 2.05) is 6.07 Å². The minimum Gasteiger partial charge on any atom is -0.487 e. The van der Waals surface area contributed by atoms with E-state index in [1.165, 1.54) is 12.1 Å². The summed E-state index contributed by atoms with van der Waals surface area (Å²) in [5.74, 6) is 0.305. The zero-order valence-electron chi connectivity index (χ0n) is 22.0. The summed E-state index contributed by atoms with van der Waals surface area (Å²) in [6, 6.07) is 11.8. The fourth-order valence-electron chi connectivity index (χ4n) is 5.73. The Bertz CT molecular complexity index is 1360. The van der Waals surface area contributed by atoms with Crippen LogP contribution in [0.5, 0.6) is 5.75 Å². The molecule has 38 heavy (non-hydrogen) atoms. The Kier molecular flexibility index (Phi) is 6.50. The first-order chi connectivity index (χ1) is 17.8. The fraction of sp³-hybridized carbons (Fsp3) is 0.387. The van der Waals surface area contributed by atoms with Gasteiger partial charge in [-0.3, -0.25) is 9.59 Å². The highest BCUT2D eigenvalue weighted by molar-refractivity contribution is 6.32. The lowest BCUT2D eigenvalue weighted by Crippen LogP contribution is -2.37. The molecule has 6 nitrogen and oxygen atoms in total. The average Bonchev–Trinajstić information content (AvgIpc) is 2.80. The van der Waals surface area contributed by atoms with E-state index < -0.39 is 11.9 Å². The first kappa shape index (κ1) is 26.2. The van der Waals surface area contributed by atoms with Crippen molar-refractivity contribution in [1.29, 1.82) is 0 Å². The van der Waals surface area contributed by atoms with Gasteiger partial charge in [0.05, 0.1) is 10.6 Å². The molecular weight excluding hydrogens is 504 g/mol. The summed E-state index contributed by atoms with van der Waals surface area (Å²) in [5, 5.41) is 9.45. The van der Waals surface area contributed by atoms with E-state index in [0.29, 0.717) is 59.1 Å². The molecule has 198 valence electrons. The van der Waals surface area contributed by atoms with Gasteiger partial charge in [0.15, 0.2) is 11.6 Å². The highest BCUT2D eigenvalue weighted by Gasteiger charge is 2.47. The predicted octanol–water partition coefficient (Wildman–Crippen LogP) is 7.02. The normalized spacial score (nSPS) is 20.6. The van der Waals surface area contributed by atoms with Gasteiger partial charge in [-0.25, -0.2) is 4.79 Å². The minimum atomic E-state index is -0.985. The molecule has 0 atom stereocenters. The number of carbonyl (C=O) groups excluding carboxylic acids is 2. The van der Waals surface area contributed by atoms with Crippen molar-refractivity contribution in [3.05, 3.63) is 86.8 Å². The Balaban J connectivity index is 1.48. The summed E-state index contributed by atoms with van der Waals surface area (Å²) >= 11 is 6.66. The monoisotopic (exact) mass is 534 g/mol. The standard InChI is InChI=1S/C31H31ClO6/c1-30(2)12-21(33)27-24(14-30)38-25-15-31(3,4)13-22(34)28(25)26(27)19-9-10-23(20(32)11-19)37-16-17-5-7-18(8-6-17)29(35)36/h5-11,26H,12-16H2,1-4H3,(H,35,36). The molecule has 1 N–H and O–H groups in total. The molecule has 0 unspecified atom stereocenters. The van der Waals surface area contributed by atoms with Gasteiger partial charge >= 0.3 is 5.97 Å². The third-order valence-electron chi connectivity index (χ3n) is 7.47. The smallest absolute Gasteiger partial charge is 0.335 e. The summed E-state index contributed by atoms with van der Waals surface area (Å²) in [7, 11) is 0. The van der Waals surface area contributed by atoms with Crippen molar-refractivity contribution in [2.45, 2.75) is 65.9 Å². The van der Waals surface area contributed by atoms with Gasteiger partial charge in [0, 0.05) is 42.7 Å². The third-order valence-corrected chi connectivity index (χ3v) is 7.76. The Hall–Kier alpha value is -3.38. The van der Waals surface area contributed by atoms with Gasteiger partial charge in [0.25, 0.3) is 0 Å². The Morgan fingerprint density at radius 2 is 1.47 bits per heavy atom. The number of carboxylic acids is 1. The third kappa shape index (κ3) is 5.02. The van der Waals surface area contributed by atoms with Crippen molar-refractivity contribution >= 4 is 29.1 Å². The first-order valence-corrected chi connectivity index (χ1v) is 13.2. The predicted molar refractivity (Wildman–Crippen MR) is 143 cm³/mol. The van der Waals surface area contributed by atoms with E-state index in [1.54, 1.807) is 24.3 Å². The highest BCUT2D eigenvalue weighted by Crippen LogP contribution is 2.53. The zero-order chi connectivity index (χ0) is 27.4. The molecular formula is C31H31ClO6. The molecule has 0 amide bonds. The van der Waals surface area contributed by atoms with Gasteiger partial charge in [-0.05, 0) is 46.2 Å². The number of allylic oxidation sites excluding steroid dienone is 4. The van der Waals surface area contributed by atoms with Crippen LogP contribution in [0.2, 0.25) is 5.02 Å². The van der Waals surface area contributed by atoms with Crippen molar-refractivity contribution in [2.75, 3.05) is 0 Å². The molecule has 1 heterocycles. The van der Waals surface area contributed by atoms with Gasteiger partial charge in [-0.1, -0.05) is 57.5 Å². The van der Waals surface area contributed by atoms with Gasteiger partial charge in [-0.15, -0.1) is 0 Å². The van der Waals surface area contributed by atoms with Crippen LogP contribution < -0.4 is 4.74 Å². The molecule has 0 fully saturated rings. The van der Waals surface area contributed by atoms with Crippen LogP contribution in [-0.4, -0.2) is 22.6 Å². The molecule has 5 rings (SSSR count). The molecule has 2 aliphatic carbocycles. The Labute approximate surface area is 227 Å². The molecule has 3 aliphatic rings. The van der Waals surface area contributed by atoms with E-state index >= 15 is 0 Å². The SMILES string of the molecule is CC1(C)CC(=O)C2=C(C1)OC1=C(C(=O)CC(C)(C)C1)C2c1ccc(OCc2ccc(C(=O)O)cc2)c(Cl)c1. The second-order valence-corrected chi connectivity index (χ2v) is 12.5. The number of halogens is 1. The van der Waals surface area contributed by atoms with Crippen LogP contribution >= 0.6 is 11.6 Å². The number of aromatic carboxylic acids is 1. The number of hydrogen-bond donors (Lipinski definition) is 1. The quantitative estimate of drug-likeness (QED) is 0.443. The number of ketones is 2. The maximum Gasteiger partial charge on any atom is 0.335 e. The highest BCUT2D eigenvalue weighted by atomic mass is 35.5. The summed E-state index contributed by atoms with van der Waals surface area (Å²) in [4.78, 5) is 38.0. The zero-order valence-corrected chi connectivity index (χ0v) is 22.8. The van der Waals surface area contributed by atoms with Gasteiger partial charge in [0.2, 0.25) is 0 Å². The van der Waals surface area contributed by atoms with Crippen molar-refractivity contribution in [3.63, 3.8) is 0 Å². The molecule has 0 saturated carbocycles. The Morgan fingerprint density at radius 1 is 0.921 bits per heavy atom. The second kappa shape index (κ2) is 9.42. The number of ether oxygens (including phenoxy) is 2. The van der Waals surface area contributed by atoms with Crippen LogP contribution in [0.15, 0.2) is 65.1 Å². The summed E-state index contributed by atoms with van der Waals surface area (Å²) in [5.41, 5.74) is 2.47. The molecule has 2 aromatic rings. The average molecular weight is 535 g/mol.